The van der Waals surface area contributed by atoms with Crippen LogP contribution in [-0.4, -0.2) is 75.5 Å². The number of nitrogens with zero attached hydrogens (tertiary/aromatic N) is 1. The summed E-state index contributed by atoms with van der Waals surface area (Å²) in [5.74, 6) is -1.79. The van der Waals surface area contributed by atoms with Crippen molar-refractivity contribution in [3.8, 4) is 0 Å². The molecule has 50 heavy (non-hydrogen) atoms. The molecule has 0 rings (SSSR count). The number of esters is 2. The number of hydrogen-bond donors (Lipinski definition) is 0. The van der Waals surface area contributed by atoms with Crippen LogP contribution in [0.4, 0.5) is 0 Å². The standard InChI is InChI=1S/C42H73NO7/c1-6-8-10-12-14-16-18-20-22-24-26-28-30-32-40(44)49-37-38(36-48-35-34-39(42(46)47)43(3,4)5)50-41(45)33-31-29-27-25-23-21-19-17-15-13-11-9-7-2/h8,10,12,14,16,18,20,22,38-39H,6-7,9,11,13,15,17,19,21,23-37H2,1-5H3/b10-8+,14-12+,18-16+,22-20+. The molecule has 0 N–H and O–H groups in total. The van der Waals surface area contributed by atoms with Gasteiger partial charge in [0, 0.05) is 19.3 Å². The first-order valence-corrected chi connectivity index (χ1v) is 19.7. The summed E-state index contributed by atoms with van der Waals surface area (Å²) in [5, 5.41) is 11.6. The van der Waals surface area contributed by atoms with Gasteiger partial charge in [-0.05, 0) is 32.1 Å². The molecule has 0 fully saturated rings. The third-order valence-corrected chi connectivity index (χ3v) is 8.57. The van der Waals surface area contributed by atoms with Gasteiger partial charge < -0.3 is 28.6 Å². The number of unbranched alkanes of at least 4 members (excludes halogenated alkanes) is 15. The number of carboxylic acids is 1. The van der Waals surface area contributed by atoms with Gasteiger partial charge in [0.2, 0.25) is 0 Å². The summed E-state index contributed by atoms with van der Waals surface area (Å²) in [4.78, 5) is 36.7. The fourth-order valence-corrected chi connectivity index (χ4v) is 5.49. The van der Waals surface area contributed by atoms with Gasteiger partial charge in [-0.3, -0.25) is 9.59 Å². The molecular weight excluding hydrogens is 630 g/mol. The second-order valence-electron chi connectivity index (χ2n) is 14.2. The summed E-state index contributed by atoms with van der Waals surface area (Å²) in [7, 11) is 5.38. The molecule has 0 aromatic heterocycles. The summed E-state index contributed by atoms with van der Waals surface area (Å²) in [5.41, 5.74) is 0. The molecule has 2 unspecified atom stereocenters. The Hall–Kier alpha value is -2.71. The molecular formula is C42H73NO7. The van der Waals surface area contributed by atoms with E-state index < -0.39 is 18.1 Å². The Balaban J connectivity index is 4.47. The molecule has 0 amide bonds. The van der Waals surface area contributed by atoms with Gasteiger partial charge in [-0.1, -0.05) is 146 Å². The van der Waals surface area contributed by atoms with E-state index in [2.05, 4.69) is 26.0 Å². The minimum atomic E-state index is -1.13. The Morgan fingerprint density at radius 2 is 1.12 bits per heavy atom. The number of rotatable bonds is 34. The number of carbonyl (C=O) groups excluding carboxylic acids is 3. The van der Waals surface area contributed by atoms with Crippen LogP contribution in [0, 0.1) is 0 Å². The highest BCUT2D eigenvalue weighted by atomic mass is 16.6. The number of aliphatic carboxylic acids is 1. The Labute approximate surface area is 306 Å². The average Bonchev–Trinajstić information content (AvgIpc) is 3.06. The molecule has 0 saturated carbocycles. The van der Waals surface area contributed by atoms with Crippen LogP contribution in [0.15, 0.2) is 48.6 Å². The van der Waals surface area contributed by atoms with Crippen molar-refractivity contribution in [1.82, 2.24) is 0 Å². The normalized spacial score (nSPS) is 13.5. The summed E-state index contributed by atoms with van der Waals surface area (Å²) in [6.07, 6.45) is 37.0. The number of ether oxygens (including phenoxy) is 3. The van der Waals surface area contributed by atoms with Gasteiger partial charge in [-0.2, -0.15) is 0 Å². The maximum atomic E-state index is 12.6. The van der Waals surface area contributed by atoms with Gasteiger partial charge >= 0.3 is 11.9 Å². The molecule has 8 heteroatoms. The van der Waals surface area contributed by atoms with Crippen molar-refractivity contribution < 1.29 is 38.2 Å². The molecule has 0 saturated heterocycles. The van der Waals surface area contributed by atoms with Gasteiger partial charge in [-0.25, -0.2) is 0 Å². The van der Waals surface area contributed by atoms with E-state index in [1.54, 1.807) is 21.1 Å². The van der Waals surface area contributed by atoms with E-state index in [4.69, 9.17) is 14.2 Å². The first-order chi connectivity index (χ1) is 24.1. The predicted octanol–water partition coefficient (Wildman–Crippen LogP) is 8.74. The van der Waals surface area contributed by atoms with Crippen LogP contribution < -0.4 is 5.11 Å². The molecule has 0 aliphatic rings. The zero-order valence-electron chi connectivity index (χ0n) is 32.5. The molecule has 0 aromatic carbocycles. The molecule has 0 spiro atoms. The van der Waals surface area contributed by atoms with Crippen LogP contribution in [-0.2, 0) is 28.6 Å². The van der Waals surface area contributed by atoms with Gasteiger partial charge in [0.15, 0.2) is 6.10 Å². The van der Waals surface area contributed by atoms with E-state index in [0.29, 0.717) is 12.8 Å². The summed E-state index contributed by atoms with van der Waals surface area (Å²) < 4.78 is 17.1. The third-order valence-electron chi connectivity index (χ3n) is 8.57. The molecule has 0 aliphatic carbocycles. The lowest BCUT2D eigenvalue weighted by atomic mass is 10.0. The molecule has 288 valence electrons. The largest absolute Gasteiger partial charge is 0.544 e. The molecule has 0 bridgehead atoms. The Morgan fingerprint density at radius 1 is 0.620 bits per heavy atom. The van der Waals surface area contributed by atoms with Gasteiger partial charge in [0.25, 0.3) is 0 Å². The topological polar surface area (TPSA) is 102 Å². The van der Waals surface area contributed by atoms with Crippen LogP contribution in [0.2, 0.25) is 0 Å². The SMILES string of the molecule is CC/C=C/C=C/C=C/C=C/CCCCCC(=O)OCC(COCCC(C(=O)[O-])[N+](C)(C)C)OC(=O)CCCCCCCCCCCCCCC. The van der Waals surface area contributed by atoms with Crippen LogP contribution in [0.1, 0.15) is 149 Å². The molecule has 0 heterocycles. The molecule has 0 radical (unpaired) electrons. The Bertz CT molecular complexity index is 964. The maximum Gasteiger partial charge on any atom is 0.306 e. The lowest BCUT2D eigenvalue weighted by Crippen LogP contribution is -2.55. The van der Waals surface area contributed by atoms with Crippen LogP contribution >= 0.6 is 0 Å². The number of carboxylic acid groups (broad SMARTS) is 1. The minimum absolute atomic E-state index is 0.0283. The van der Waals surface area contributed by atoms with Gasteiger partial charge in [0.05, 0.1) is 40.3 Å². The first kappa shape index (κ1) is 47.3. The zero-order chi connectivity index (χ0) is 37.1. The zero-order valence-corrected chi connectivity index (χ0v) is 32.5. The van der Waals surface area contributed by atoms with E-state index in [1.807, 2.05) is 36.5 Å². The number of carbonyl (C=O) groups is 3. The summed E-state index contributed by atoms with van der Waals surface area (Å²) in [6, 6.07) is -0.730. The third kappa shape index (κ3) is 31.3. The minimum Gasteiger partial charge on any atom is -0.544 e. The van der Waals surface area contributed by atoms with E-state index in [-0.39, 0.29) is 42.7 Å². The van der Waals surface area contributed by atoms with E-state index in [0.717, 1.165) is 51.4 Å². The van der Waals surface area contributed by atoms with Crippen LogP contribution in [0.3, 0.4) is 0 Å². The highest BCUT2D eigenvalue weighted by Gasteiger charge is 2.25. The average molecular weight is 704 g/mol. The van der Waals surface area contributed by atoms with Crippen molar-refractivity contribution in [3.63, 3.8) is 0 Å². The van der Waals surface area contributed by atoms with Crippen LogP contribution in [0.5, 0.6) is 0 Å². The van der Waals surface area contributed by atoms with Gasteiger partial charge in [0.1, 0.15) is 12.6 Å². The molecule has 8 nitrogen and oxygen atoms in total. The van der Waals surface area contributed by atoms with Crippen molar-refractivity contribution >= 4 is 17.9 Å². The second kappa shape index (κ2) is 33.4. The van der Waals surface area contributed by atoms with Crippen molar-refractivity contribution in [2.75, 3.05) is 41.0 Å². The lowest BCUT2D eigenvalue weighted by molar-refractivity contribution is -0.889. The van der Waals surface area contributed by atoms with Crippen molar-refractivity contribution in [2.45, 2.75) is 161 Å². The number of quaternary nitrogens is 1. The summed E-state index contributed by atoms with van der Waals surface area (Å²) >= 11 is 0. The van der Waals surface area contributed by atoms with Crippen LogP contribution in [0.25, 0.3) is 0 Å². The first-order valence-electron chi connectivity index (χ1n) is 19.7. The van der Waals surface area contributed by atoms with E-state index >= 15 is 0 Å². The maximum absolute atomic E-state index is 12.6. The monoisotopic (exact) mass is 704 g/mol. The highest BCUT2D eigenvalue weighted by Crippen LogP contribution is 2.14. The second-order valence-corrected chi connectivity index (χ2v) is 14.2. The van der Waals surface area contributed by atoms with E-state index in [1.165, 1.54) is 64.2 Å². The van der Waals surface area contributed by atoms with Crippen molar-refractivity contribution in [1.29, 1.82) is 0 Å². The summed E-state index contributed by atoms with van der Waals surface area (Å²) in [6.45, 7) is 4.46. The number of likely N-dealkylation sites (N-methyl/N-ethyl adjacent to an activating group) is 1. The number of hydrogen-bond acceptors (Lipinski definition) is 7. The fraction of sp³-hybridized carbons (Fsp3) is 0.738. The van der Waals surface area contributed by atoms with Crippen molar-refractivity contribution in [3.05, 3.63) is 48.6 Å². The fourth-order valence-electron chi connectivity index (χ4n) is 5.49. The molecule has 0 aromatic rings. The lowest BCUT2D eigenvalue weighted by Gasteiger charge is -2.34. The number of allylic oxidation sites excluding steroid dienone is 8. The molecule has 2 atom stereocenters. The smallest absolute Gasteiger partial charge is 0.306 e. The Kier molecular flexibility index (Phi) is 31.6. The van der Waals surface area contributed by atoms with Gasteiger partial charge in [-0.15, -0.1) is 0 Å². The molecule has 0 aliphatic heterocycles. The highest BCUT2D eigenvalue weighted by molar-refractivity contribution is 5.70. The quantitative estimate of drug-likeness (QED) is 0.0286. The van der Waals surface area contributed by atoms with E-state index in [9.17, 15) is 19.5 Å². The van der Waals surface area contributed by atoms with Crippen molar-refractivity contribution in [2.24, 2.45) is 0 Å². The predicted molar refractivity (Wildman–Crippen MR) is 203 cm³/mol. The Morgan fingerprint density at radius 3 is 1.66 bits per heavy atom.